The van der Waals surface area contributed by atoms with Gasteiger partial charge in [-0.2, -0.15) is 0 Å². The Bertz CT molecular complexity index is 615. The number of rotatable bonds is 7. The molecule has 5 nitrogen and oxygen atoms in total. The number of carbonyl (C=O) groups is 1. The molecule has 0 saturated carbocycles. The molecule has 0 radical (unpaired) electrons. The maximum Gasteiger partial charge on any atom is 0.266 e. The Morgan fingerprint density at radius 1 is 1.35 bits per heavy atom. The van der Waals surface area contributed by atoms with E-state index in [2.05, 4.69) is 18.2 Å². The Kier molecular flexibility index (Phi) is 7.41. The molecule has 23 heavy (non-hydrogen) atoms. The minimum atomic E-state index is -0.0989. The van der Waals surface area contributed by atoms with Gasteiger partial charge in [0.1, 0.15) is 5.76 Å². The van der Waals surface area contributed by atoms with Crippen molar-refractivity contribution in [3.63, 3.8) is 0 Å². The summed E-state index contributed by atoms with van der Waals surface area (Å²) < 4.78 is 10.3. The van der Waals surface area contributed by atoms with E-state index in [1.807, 2.05) is 6.92 Å². The van der Waals surface area contributed by atoms with Crippen molar-refractivity contribution >= 4 is 22.8 Å². The lowest BCUT2D eigenvalue weighted by atomic mass is 10.2. The molecule has 0 aromatic heterocycles. The Labute approximate surface area is 141 Å². The van der Waals surface area contributed by atoms with Crippen LogP contribution in [0.4, 0.5) is 0 Å². The lowest BCUT2D eigenvalue weighted by Crippen LogP contribution is -2.24. The number of nitrogens with zero attached hydrogens (tertiary/aromatic N) is 2. The summed E-state index contributed by atoms with van der Waals surface area (Å²) in [5.41, 5.74) is 0.764. The van der Waals surface area contributed by atoms with E-state index in [0.717, 1.165) is 5.57 Å². The molecule has 0 unspecified atom stereocenters. The minimum absolute atomic E-state index is 0.0989. The van der Waals surface area contributed by atoms with Crippen LogP contribution in [0.15, 0.2) is 64.5 Å². The number of methoxy groups -OCH3 is 2. The van der Waals surface area contributed by atoms with Crippen LogP contribution in [-0.2, 0) is 14.3 Å². The van der Waals surface area contributed by atoms with Crippen molar-refractivity contribution in [3.8, 4) is 0 Å². The first-order valence-electron chi connectivity index (χ1n) is 6.93. The maximum atomic E-state index is 12.3. The zero-order valence-electron chi connectivity index (χ0n) is 14.0. The molecule has 0 aromatic carbocycles. The van der Waals surface area contributed by atoms with E-state index < -0.39 is 0 Å². The zero-order valence-corrected chi connectivity index (χ0v) is 14.8. The van der Waals surface area contributed by atoms with E-state index in [0.29, 0.717) is 28.1 Å². The van der Waals surface area contributed by atoms with Crippen molar-refractivity contribution in [2.24, 2.45) is 4.99 Å². The summed E-state index contributed by atoms with van der Waals surface area (Å²) in [5, 5.41) is 0.654. The number of amides is 1. The summed E-state index contributed by atoms with van der Waals surface area (Å²) in [6, 6.07) is 0. The van der Waals surface area contributed by atoms with E-state index in [1.165, 1.54) is 16.7 Å². The predicted octanol–water partition coefficient (Wildman–Crippen LogP) is 3.25. The number of hydrogen-bond donors (Lipinski definition) is 0. The first kappa shape index (κ1) is 18.8. The third kappa shape index (κ3) is 5.17. The van der Waals surface area contributed by atoms with Gasteiger partial charge in [0.2, 0.25) is 0 Å². The highest BCUT2D eigenvalue weighted by atomic mass is 32.2. The van der Waals surface area contributed by atoms with Crippen LogP contribution in [0, 0.1) is 0 Å². The number of aliphatic imine (C=N–C) groups is 1. The van der Waals surface area contributed by atoms with Crippen molar-refractivity contribution in [1.82, 2.24) is 4.90 Å². The fraction of sp³-hybridized carbons (Fsp3) is 0.294. The molecule has 0 aromatic rings. The molecule has 1 heterocycles. The highest BCUT2D eigenvalue weighted by Gasteiger charge is 2.30. The summed E-state index contributed by atoms with van der Waals surface area (Å²) in [4.78, 5) is 18.7. The smallest absolute Gasteiger partial charge is 0.266 e. The van der Waals surface area contributed by atoms with Crippen molar-refractivity contribution in [2.45, 2.75) is 6.92 Å². The van der Waals surface area contributed by atoms with Crippen molar-refractivity contribution in [3.05, 3.63) is 59.5 Å². The van der Waals surface area contributed by atoms with Gasteiger partial charge < -0.3 is 9.47 Å². The molecular formula is C17H22N2O3S. The summed E-state index contributed by atoms with van der Waals surface area (Å²) in [7, 11) is 4.83. The normalized spacial score (nSPS) is 19.5. The van der Waals surface area contributed by atoms with Gasteiger partial charge in [0.05, 0.1) is 31.4 Å². The van der Waals surface area contributed by atoms with E-state index in [-0.39, 0.29) is 5.91 Å². The highest BCUT2D eigenvalue weighted by Crippen LogP contribution is 2.31. The van der Waals surface area contributed by atoms with Gasteiger partial charge in [0, 0.05) is 12.6 Å². The van der Waals surface area contributed by atoms with Gasteiger partial charge in [-0.3, -0.25) is 14.7 Å². The van der Waals surface area contributed by atoms with E-state index in [4.69, 9.17) is 9.47 Å². The second-order valence-electron chi connectivity index (χ2n) is 4.61. The van der Waals surface area contributed by atoms with Gasteiger partial charge in [-0.1, -0.05) is 12.7 Å². The molecule has 1 amide bonds. The molecule has 1 aliphatic heterocycles. The van der Waals surface area contributed by atoms with E-state index >= 15 is 0 Å². The summed E-state index contributed by atoms with van der Waals surface area (Å²) in [6.07, 6.45) is 6.98. The lowest BCUT2D eigenvalue weighted by molar-refractivity contribution is -0.121. The Morgan fingerprint density at radius 3 is 2.61 bits per heavy atom. The van der Waals surface area contributed by atoms with Gasteiger partial charge in [0.15, 0.2) is 5.17 Å². The fourth-order valence-corrected chi connectivity index (χ4v) is 2.58. The van der Waals surface area contributed by atoms with Crippen molar-refractivity contribution in [2.75, 3.05) is 27.8 Å². The Hall–Kier alpha value is -2.21. The molecule has 0 N–H and O–H groups in total. The predicted molar refractivity (Wildman–Crippen MR) is 95.9 cm³/mol. The van der Waals surface area contributed by atoms with Crippen LogP contribution in [0.1, 0.15) is 6.92 Å². The van der Waals surface area contributed by atoms with Crippen LogP contribution < -0.4 is 0 Å². The largest absolute Gasteiger partial charge is 0.501 e. The molecule has 124 valence electrons. The Morgan fingerprint density at radius 2 is 2.04 bits per heavy atom. The van der Waals surface area contributed by atoms with Gasteiger partial charge in [-0.05, 0) is 36.9 Å². The molecule has 1 rings (SSSR count). The molecule has 6 heteroatoms. The van der Waals surface area contributed by atoms with E-state index in [1.54, 1.807) is 45.6 Å². The third-order valence-corrected chi connectivity index (χ3v) is 4.17. The molecule has 1 saturated heterocycles. The van der Waals surface area contributed by atoms with Gasteiger partial charge in [-0.15, -0.1) is 6.58 Å². The molecule has 0 aliphatic carbocycles. The van der Waals surface area contributed by atoms with Crippen molar-refractivity contribution < 1.29 is 14.3 Å². The standard InChI is InChI=1S/C17H22N2O3S/c1-7-10-18-17-19(4)16(20)15(23-17)11-14(13(3)22-6)9-8-12(2)21-5/h7-9,11H,1-2,10H2,3-6H3/b9-8-,14-13-,15-11+,18-17?. The maximum absolute atomic E-state index is 12.3. The summed E-state index contributed by atoms with van der Waals surface area (Å²) in [6.45, 7) is 9.66. The topological polar surface area (TPSA) is 51.1 Å². The fourth-order valence-electron chi connectivity index (χ4n) is 1.61. The monoisotopic (exact) mass is 334 g/mol. The van der Waals surface area contributed by atoms with Crippen LogP contribution in [0.3, 0.4) is 0 Å². The van der Waals surface area contributed by atoms with Crippen LogP contribution in [0.2, 0.25) is 0 Å². The molecular weight excluding hydrogens is 312 g/mol. The average Bonchev–Trinajstić information content (AvgIpc) is 2.83. The summed E-state index contributed by atoms with van der Waals surface area (Å²) >= 11 is 1.33. The lowest BCUT2D eigenvalue weighted by Gasteiger charge is -2.06. The second kappa shape index (κ2) is 9.05. The van der Waals surface area contributed by atoms with Gasteiger partial charge in [0.25, 0.3) is 5.91 Å². The average molecular weight is 334 g/mol. The molecule has 0 bridgehead atoms. The van der Waals surface area contributed by atoms with Gasteiger partial charge >= 0.3 is 0 Å². The SMILES string of the molecule is C=CCN=C1S/C(=C/C(/C=C\C(=C)OC)=C(/C)OC)C(=O)N1C. The van der Waals surface area contributed by atoms with Crippen LogP contribution in [0.25, 0.3) is 0 Å². The first-order chi connectivity index (χ1) is 10.9. The van der Waals surface area contributed by atoms with Crippen LogP contribution in [0.5, 0.6) is 0 Å². The second-order valence-corrected chi connectivity index (χ2v) is 5.62. The van der Waals surface area contributed by atoms with Crippen LogP contribution in [-0.4, -0.2) is 43.8 Å². The summed E-state index contributed by atoms with van der Waals surface area (Å²) in [5.74, 6) is 1.10. The molecule has 0 spiro atoms. The quantitative estimate of drug-likeness (QED) is 0.310. The van der Waals surface area contributed by atoms with Gasteiger partial charge in [-0.25, -0.2) is 0 Å². The number of carbonyl (C=O) groups excluding carboxylic acids is 1. The van der Waals surface area contributed by atoms with Crippen LogP contribution >= 0.6 is 11.8 Å². The number of allylic oxidation sites excluding steroid dienone is 5. The highest BCUT2D eigenvalue weighted by molar-refractivity contribution is 8.18. The number of thioether (sulfide) groups is 1. The number of hydrogen-bond acceptors (Lipinski definition) is 5. The Balaban J connectivity index is 3.13. The molecule has 1 aliphatic rings. The minimum Gasteiger partial charge on any atom is -0.501 e. The third-order valence-electron chi connectivity index (χ3n) is 3.07. The van der Waals surface area contributed by atoms with Crippen molar-refractivity contribution in [1.29, 1.82) is 0 Å². The zero-order chi connectivity index (χ0) is 17.4. The number of amidine groups is 1. The molecule has 1 fully saturated rings. The van der Waals surface area contributed by atoms with E-state index in [9.17, 15) is 4.79 Å². The number of ether oxygens (including phenoxy) is 2. The number of likely N-dealkylation sites (N-methyl/N-ethyl adjacent to an activating group) is 1. The first-order valence-corrected chi connectivity index (χ1v) is 7.75. The molecule has 0 atom stereocenters.